The van der Waals surface area contributed by atoms with Crippen LogP contribution in [0.2, 0.25) is 0 Å². The summed E-state index contributed by atoms with van der Waals surface area (Å²) in [5, 5.41) is 12.0. The molecule has 318 valence electrons. The van der Waals surface area contributed by atoms with Gasteiger partial charge >= 0.3 is 0 Å². The molecule has 2 unspecified atom stereocenters. The minimum absolute atomic E-state index is 0.00208. The van der Waals surface area contributed by atoms with Gasteiger partial charge in [0.05, 0.1) is 23.1 Å². The zero-order valence-corrected chi connectivity index (χ0v) is 33.5. The highest BCUT2D eigenvalue weighted by molar-refractivity contribution is 6.01. The first-order chi connectivity index (χ1) is 29.5. The zero-order chi connectivity index (χ0) is 42.5. The van der Waals surface area contributed by atoms with Gasteiger partial charge in [-0.05, 0) is 91.4 Å². The van der Waals surface area contributed by atoms with E-state index in [4.69, 9.17) is 0 Å². The van der Waals surface area contributed by atoms with Crippen LogP contribution in [0.25, 0.3) is 0 Å². The molecule has 15 nitrogen and oxygen atoms in total. The first-order valence-electron chi connectivity index (χ1n) is 20.7. The maximum absolute atomic E-state index is 13.8. The number of rotatable bonds is 12. The van der Waals surface area contributed by atoms with E-state index in [0.717, 1.165) is 34.3 Å². The van der Waals surface area contributed by atoms with Gasteiger partial charge in [0, 0.05) is 93.8 Å². The number of hydrogen-bond acceptors (Lipinski definition) is 11. The fourth-order valence-corrected chi connectivity index (χ4v) is 8.32. The first-order valence-corrected chi connectivity index (χ1v) is 20.7. The number of hydrazine groups is 1. The Balaban J connectivity index is 0.763. The number of nitrogens with zero attached hydrogens (tertiary/aromatic N) is 4. The molecule has 0 bridgehead atoms. The fourth-order valence-electron chi connectivity index (χ4n) is 8.32. The number of halogens is 2. The average molecular weight is 835 g/mol. The second-order valence-electron chi connectivity index (χ2n) is 15.8. The van der Waals surface area contributed by atoms with Crippen LogP contribution in [0.3, 0.4) is 0 Å². The number of piperidine rings is 2. The van der Waals surface area contributed by atoms with Crippen LogP contribution in [0.15, 0.2) is 79.1 Å². The van der Waals surface area contributed by atoms with E-state index in [9.17, 15) is 32.8 Å². The van der Waals surface area contributed by atoms with Crippen LogP contribution in [-0.4, -0.2) is 95.7 Å². The molecule has 3 aromatic carbocycles. The van der Waals surface area contributed by atoms with Crippen LogP contribution < -0.4 is 37.0 Å². The Bertz CT molecular complexity index is 2280. The summed E-state index contributed by atoms with van der Waals surface area (Å²) < 4.78 is 27.6. The molecule has 1 aromatic heterocycles. The molecular formula is C44H48F2N10O5. The van der Waals surface area contributed by atoms with Crippen molar-refractivity contribution < 1.29 is 32.8 Å². The van der Waals surface area contributed by atoms with Crippen molar-refractivity contribution in [1.29, 1.82) is 0 Å². The Morgan fingerprint density at radius 3 is 2.18 bits per heavy atom. The molecule has 3 saturated heterocycles. The molecule has 0 saturated carbocycles. The third-order valence-corrected chi connectivity index (χ3v) is 11.7. The predicted octanol–water partition coefficient (Wildman–Crippen LogP) is 4.06. The van der Waals surface area contributed by atoms with Gasteiger partial charge in [-0.3, -0.25) is 34.3 Å². The van der Waals surface area contributed by atoms with Gasteiger partial charge in [0.15, 0.2) is 0 Å². The highest BCUT2D eigenvalue weighted by Crippen LogP contribution is 2.30. The number of nitrogens with one attached hydrogen (secondary N) is 6. The van der Waals surface area contributed by atoms with Crippen LogP contribution in [0.5, 0.6) is 0 Å². The normalized spacial score (nSPS) is 19.1. The number of aromatic nitrogens is 1. The largest absolute Gasteiger partial charge is 0.380 e. The summed E-state index contributed by atoms with van der Waals surface area (Å²) in [6.07, 6.45) is 5.28. The highest BCUT2D eigenvalue weighted by Gasteiger charge is 2.29. The number of anilines is 4. The topological polar surface area (TPSA) is 180 Å². The second-order valence-corrected chi connectivity index (χ2v) is 15.8. The van der Waals surface area contributed by atoms with Gasteiger partial charge in [-0.1, -0.05) is 6.07 Å². The summed E-state index contributed by atoms with van der Waals surface area (Å²) in [4.78, 5) is 73.5. The van der Waals surface area contributed by atoms with Crippen molar-refractivity contribution in [3.05, 3.63) is 113 Å². The fraction of sp³-hybridized carbons (Fsp3) is 0.364. The molecule has 4 aliphatic heterocycles. The highest BCUT2D eigenvalue weighted by atomic mass is 19.1. The molecule has 0 radical (unpaired) electrons. The average Bonchev–Trinajstić information content (AvgIpc) is 3.65. The van der Waals surface area contributed by atoms with Gasteiger partial charge < -0.3 is 36.1 Å². The molecular weight excluding hydrogens is 787 g/mol. The number of likely N-dealkylation sites (tertiary alicyclic amines) is 1. The van der Waals surface area contributed by atoms with Gasteiger partial charge in [0.1, 0.15) is 23.8 Å². The van der Waals surface area contributed by atoms with Crippen LogP contribution in [0.1, 0.15) is 71.7 Å². The number of benzene rings is 3. The Hall–Kier alpha value is -6.62. The van der Waals surface area contributed by atoms with Gasteiger partial charge in [0.25, 0.3) is 5.91 Å². The van der Waals surface area contributed by atoms with Crippen LogP contribution in [0, 0.1) is 11.6 Å². The van der Waals surface area contributed by atoms with Gasteiger partial charge in [-0.25, -0.2) is 14.2 Å². The number of carbonyl (C=O) groups excluding carboxylic acids is 5. The smallest absolute Gasteiger partial charge is 0.255 e. The minimum atomic E-state index is -0.636. The van der Waals surface area contributed by atoms with Gasteiger partial charge in [-0.2, -0.15) is 0 Å². The van der Waals surface area contributed by atoms with Crippen LogP contribution >= 0.6 is 0 Å². The summed E-state index contributed by atoms with van der Waals surface area (Å²) in [5.74, 6) is -2.26. The molecule has 61 heavy (non-hydrogen) atoms. The lowest BCUT2D eigenvalue weighted by atomic mass is 10.0. The van der Waals surface area contributed by atoms with E-state index in [0.29, 0.717) is 88.2 Å². The number of pyridine rings is 1. The van der Waals surface area contributed by atoms with E-state index in [1.807, 2.05) is 47.4 Å². The number of carbonyl (C=O) groups is 5. The molecule has 2 atom stereocenters. The molecule has 3 fully saturated rings. The number of imide groups is 1. The Labute approximate surface area is 351 Å². The molecule has 17 heteroatoms. The van der Waals surface area contributed by atoms with Crippen molar-refractivity contribution in [2.45, 2.75) is 63.2 Å². The number of hydrogen-bond donors (Lipinski definition) is 6. The minimum Gasteiger partial charge on any atom is -0.380 e. The predicted molar refractivity (Wildman–Crippen MR) is 224 cm³/mol. The molecule has 6 N–H and O–H groups in total. The molecule has 4 aliphatic rings. The lowest BCUT2D eigenvalue weighted by molar-refractivity contribution is -0.137. The maximum Gasteiger partial charge on any atom is 0.255 e. The monoisotopic (exact) mass is 834 g/mol. The van der Waals surface area contributed by atoms with Crippen molar-refractivity contribution >= 4 is 52.3 Å². The number of piperazine rings is 1. The van der Waals surface area contributed by atoms with Gasteiger partial charge in [0.2, 0.25) is 23.6 Å². The summed E-state index contributed by atoms with van der Waals surface area (Å²) in [6.45, 7) is 3.47. The summed E-state index contributed by atoms with van der Waals surface area (Å²) >= 11 is 0. The van der Waals surface area contributed by atoms with Crippen molar-refractivity contribution in [2.24, 2.45) is 0 Å². The number of amides is 5. The summed E-state index contributed by atoms with van der Waals surface area (Å²) in [7, 11) is 0. The second kappa shape index (κ2) is 18.3. The van der Waals surface area contributed by atoms with Crippen molar-refractivity contribution in [2.75, 3.05) is 60.2 Å². The molecule has 0 aliphatic carbocycles. The molecule has 0 spiro atoms. The third kappa shape index (κ3) is 10.1. The molecule has 4 aromatic rings. The standard InChI is InChI=1S/C44H48F2N10O5/c45-29-22-28(23-30(46)25-29)21-27-1-6-36-35(24-27)42(53-52-36)51-43(60)34-11-14-47-26-38(34)49-32-12-15-55(16-13-32)40(58)9-10-41(59)56-19-17-54(18-20-56)33-4-2-31(3-5-33)48-37-7-8-39(57)50-44(37)61/h1-6,11,14,22-26,32,37,42,48-49,52-53H,7-10,12-13,15-21H2,(H,51,60)(H,50,57,61). The number of fused-ring (bicyclic) bond motifs is 1. The SMILES string of the molecule is O=C1CCC(Nc2ccc(N3CCN(C(=O)CCC(=O)N4CCC(Nc5cnccc5C(=O)NC5NNc6ccc(Cc7cc(F)cc(F)c7)cc65)CC4)CC3)cc2)C(=O)N1. The Morgan fingerprint density at radius 2 is 1.48 bits per heavy atom. The van der Waals surface area contributed by atoms with Crippen molar-refractivity contribution in [3.8, 4) is 0 Å². The molecule has 5 amide bonds. The lowest BCUT2D eigenvalue weighted by Gasteiger charge is -2.36. The van der Waals surface area contributed by atoms with E-state index in [1.54, 1.807) is 23.4 Å². The van der Waals surface area contributed by atoms with E-state index >= 15 is 0 Å². The third-order valence-electron chi connectivity index (χ3n) is 11.7. The quantitative estimate of drug-likeness (QED) is 0.113. The lowest BCUT2D eigenvalue weighted by Crippen LogP contribution is -2.49. The van der Waals surface area contributed by atoms with E-state index < -0.39 is 23.8 Å². The van der Waals surface area contributed by atoms with E-state index in [-0.39, 0.29) is 48.4 Å². The van der Waals surface area contributed by atoms with Crippen LogP contribution in [0.4, 0.5) is 31.5 Å². The van der Waals surface area contributed by atoms with E-state index in [1.165, 1.54) is 12.1 Å². The van der Waals surface area contributed by atoms with E-state index in [2.05, 4.69) is 42.0 Å². The molecule has 5 heterocycles. The Kier molecular flexibility index (Phi) is 12.4. The molecule has 8 rings (SSSR count). The first kappa shape index (κ1) is 41.1. The van der Waals surface area contributed by atoms with Crippen molar-refractivity contribution in [1.82, 2.24) is 30.8 Å². The zero-order valence-electron chi connectivity index (χ0n) is 33.5. The summed E-state index contributed by atoms with van der Waals surface area (Å²) in [6, 6.07) is 18.0. The maximum atomic E-state index is 13.8. The summed E-state index contributed by atoms with van der Waals surface area (Å²) in [5.41, 5.74) is 11.8. The Morgan fingerprint density at radius 1 is 0.770 bits per heavy atom. The van der Waals surface area contributed by atoms with Crippen LogP contribution in [-0.2, 0) is 25.6 Å². The van der Waals surface area contributed by atoms with Gasteiger partial charge in [-0.15, -0.1) is 0 Å². The van der Waals surface area contributed by atoms with Crippen molar-refractivity contribution in [3.63, 3.8) is 0 Å².